The molecule has 3 rings (SSSR count). The Labute approximate surface area is 158 Å². The monoisotopic (exact) mass is 388 g/mol. The highest BCUT2D eigenvalue weighted by Gasteiger charge is 2.29. The predicted octanol–water partition coefficient (Wildman–Crippen LogP) is 1.17. The van der Waals surface area contributed by atoms with E-state index in [-0.39, 0.29) is 23.9 Å². The normalized spacial score (nSPS) is 15.4. The van der Waals surface area contributed by atoms with Crippen LogP contribution in [0.25, 0.3) is 11.3 Å². The van der Waals surface area contributed by atoms with Gasteiger partial charge in [0.2, 0.25) is 21.8 Å². The van der Waals surface area contributed by atoms with Crippen molar-refractivity contribution in [1.29, 1.82) is 0 Å². The number of benzene rings is 1. The molecule has 0 N–H and O–H groups in total. The summed E-state index contributed by atoms with van der Waals surface area (Å²) < 4.78 is 32.1. The Kier molecular flexibility index (Phi) is 5.52. The maximum absolute atomic E-state index is 12.8. The first-order valence-corrected chi connectivity index (χ1v) is 9.77. The zero-order valence-electron chi connectivity index (χ0n) is 14.9. The van der Waals surface area contributed by atoms with Crippen LogP contribution >= 0.6 is 0 Å². The van der Waals surface area contributed by atoms with Gasteiger partial charge in [-0.25, -0.2) is 13.4 Å². The van der Waals surface area contributed by atoms with Gasteiger partial charge in [-0.15, -0.1) is 0 Å². The van der Waals surface area contributed by atoms with Crippen molar-refractivity contribution < 1.29 is 17.9 Å². The van der Waals surface area contributed by atoms with Crippen LogP contribution in [0.15, 0.2) is 54.2 Å². The average Bonchev–Trinajstić information content (AvgIpc) is 2.73. The number of hydrogen-bond acceptors (Lipinski definition) is 6. The fraction of sp³-hybridized carbons (Fsp3) is 0.278. The van der Waals surface area contributed by atoms with Crippen molar-refractivity contribution in [3.8, 4) is 17.1 Å². The van der Waals surface area contributed by atoms with Gasteiger partial charge >= 0.3 is 0 Å². The second-order valence-corrected chi connectivity index (χ2v) is 7.84. The molecule has 1 aromatic carbocycles. The second kappa shape index (κ2) is 7.85. The molecule has 0 spiro atoms. The lowest BCUT2D eigenvalue weighted by atomic mass is 10.2. The number of rotatable bonds is 5. The lowest BCUT2D eigenvalue weighted by molar-refractivity contribution is -0.127. The van der Waals surface area contributed by atoms with Gasteiger partial charge in [-0.05, 0) is 18.2 Å². The molecule has 0 atom stereocenters. The lowest BCUT2D eigenvalue weighted by Gasteiger charge is -2.33. The molecule has 0 saturated carbocycles. The van der Waals surface area contributed by atoms with Crippen molar-refractivity contribution in [2.24, 2.45) is 0 Å². The first-order valence-electron chi connectivity index (χ1n) is 8.33. The van der Waals surface area contributed by atoms with Gasteiger partial charge < -0.3 is 9.64 Å². The fourth-order valence-corrected chi connectivity index (χ4v) is 4.23. The molecule has 1 aromatic heterocycles. The van der Waals surface area contributed by atoms with Crippen LogP contribution in [0.3, 0.4) is 0 Å². The quantitative estimate of drug-likeness (QED) is 0.714. The second-order valence-electron chi connectivity index (χ2n) is 5.90. The smallest absolute Gasteiger partial charge is 0.246 e. The van der Waals surface area contributed by atoms with Gasteiger partial charge in [0.15, 0.2) is 0 Å². The molecule has 9 heteroatoms. The first-order chi connectivity index (χ1) is 13.0. The van der Waals surface area contributed by atoms with E-state index >= 15 is 0 Å². The van der Waals surface area contributed by atoms with Crippen LogP contribution in [0.2, 0.25) is 0 Å². The van der Waals surface area contributed by atoms with Crippen molar-refractivity contribution in [3.05, 3.63) is 49.3 Å². The Bertz CT molecular complexity index is 936. The number of sulfonamides is 1. The van der Waals surface area contributed by atoms with Gasteiger partial charge in [0.05, 0.1) is 30.1 Å². The van der Waals surface area contributed by atoms with E-state index in [1.807, 2.05) is 0 Å². The van der Waals surface area contributed by atoms with E-state index in [4.69, 9.17) is 4.74 Å². The minimum absolute atomic E-state index is 0.184. The van der Waals surface area contributed by atoms with E-state index in [1.54, 1.807) is 35.4 Å². The largest absolute Gasteiger partial charge is 0.480 e. The van der Waals surface area contributed by atoms with Crippen molar-refractivity contribution in [3.63, 3.8) is 0 Å². The number of ether oxygens (including phenoxy) is 1. The Morgan fingerprint density at radius 2 is 1.81 bits per heavy atom. The van der Waals surface area contributed by atoms with Gasteiger partial charge in [-0.2, -0.15) is 4.31 Å². The number of piperazine rings is 1. The fourth-order valence-electron chi connectivity index (χ4n) is 2.81. The molecule has 0 aliphatic carbocycles. The van der Waals surface area contributed by atoms with Gasteiger partial charge in [-0.3, -0.25) is 9.78 Å². The molecule has 0 radical (unpaired) electrons. The van der Waals surface area contributed by atoms with Crippen LogP contribution in [0.4, 0.5) is 0 Å². The first kappa shape index (κ1) is 19.0. The number of nitrogens with zero attached hydrogens (tertiary/aromatic N) is 4. The molecule has 2 aromatic rings. The van der Waals surface area contributed by atoms with E-state index in [0.717, 1.165) is 5.56 Å². The summed E-state index contributed by atoms with van der Waals surface area (Å²) in [6.07, 6.45) is 4.32. The number of carbonyl (C=O) groups is 1. The van der Waals surface area contributed by atoms with Gasteiger partial charge in [0.1, 0.15) is 0 Å². The SMILES string of the molecule is C=CC(=O)N1CCN(S(=O)(=O)c2ccc(-c3cncc(OC)n3)cc2)CC1. The van der Waals surface area contributed by atoms with Crippen molar-refractivity contribution >= 4 is 15.9 Å². The maximum atomic E-state index is 12.8. The predicted molar refractivity (Wildman–Crippen MR) is 99.6 cm³/mol. The van der Waals surface area contributed by atoms with E-state index in [2.05, 4.69) is 16.5 Å². The summed E-state index contributed by atoms with van der Waals surface area (Å²) in [7, 11) is -2.12. The molecule has 1 saturated heterocycles. The molecular weight excluding hydrogens is 368 g/mol. The molecule has 142 valence electrons. The summed E-state index contributed by atoms with van der Waals surface area (Å²) in [5, 5.41) is 0. The van der Waals surface area contributed by atoms with E-state index < -0.39 is 10.0 Å². The molecule has 27 heavy (non-hydrogen) atoms. The van der Waals surface area contributed by atoms with Crippen LogP contribution in [0.5, 0.6) is 5.88 Å². The Morgan fingerprint density at radius 3 is 2.41 bits per heavy atom. The number of carbonyl (C=O) groups excluding carboxylic acids is 1. The van der Waals surface area contributed by atoms with E-state index in [0.29, 0.717) is 24.7 Å². The van der Waals surface area contributed by atoms with Crippen LogP contribution in [0, 0.1) is 0 Å². The number of methoxy groups -OCH3 is 1. The lowest BCUT2D eigenvalue weighted by Crippen LogP contribution is -2.50. The number of aromatic nitrogens is 2. The maximum Gasteiger partial charge on any atom is 0.246 e. The molecular formula is C18H20N4O4S. The highest BCUT2D eigenvalue weighted by molar-refractivity contribution is 7.89. The molecule has 1 aliphatic rings. The summed E-state index contributed by atoms with van der Waals surface area (Å²) in [5.74, 6) is 0.201. The Balaban J connectivity index is 1.76. The van der Waals surface area contributed by atoms with Crippen LogP contribution in [-0.4, -0.2) is 66.8 Å². The third kappa shape index (κ3) is 3.99. The van der Waals surface area contributed by atoms with Crippen LogP contribution < -0.4 is 4.74 Å². The summed E-state index contributed by atoms with van der Waals surface area (Å²) in [6, 6.07) is 6.47. The van der Waals surface area contributed by atoms with E-state index in [9.17, 15) is 13.2 Å². The van der Waals surface area contributed by atoms with Crippen LogP contribution in [0.1, 0.15) is 0 Å². The minimum Gasteiger partial charge on any atom is -0.480 e. The zero-order chi connectivity index (χ0) is 19.4. The standard InChI is InChI=1S/C18H20N4O4S/c1-3-18(23)21-8-10-22(11-9-21)27(24,25)15-6-4-14(5-7-15)16-12-19-13-17(20-16)26-2/h3-7,12-13H,1,8-11H2,2H3. The van der Waals surface area contributed by atoms with Crippen molar-refractivity contribution in [2.45, 2.75) is 4.90 Å². The summed E-state index contributed by atoms with van der Waals surface area (Å²) in [5.41, 5.74) is 1.33. The molecule has 1 aliphatic heterocycles. The van der Waals surface area contributed by atoms with Gasteiger partial charge in [-0.1, -0.05) is 18.7 Å². The summed E-state index contributed by atoms with van der Waals surface area (Å²) in [6.45, 7) is 4.66. The third-order valence-corrected chi connectivity index (χ3v) is 6.25. The minimum atomic E-state index is -3.62. The van der Waals surface area contributed by atoms with Gasteiger partial charge in [0, 0.05) is 31.7 Å². The molecule has 1 amide bonds. The molecule has 0 unspecified atom stereocenters. The van der Waals surface area contributed by atoms with Gasteiger partial charge in [0.25, 0.3) is 0 Å². The highest BCUT2D eigenvalue weighted by atomic mass is 32.2. The topological polar surface area (TPSA) is 92.7 Å². The molecule has 0 bridgehead atoms. The molecule has 1 fully saturated rings. The molecule has 8 nitrogen and oxygen atoms in total. The Morgan fingerprint density at radius 1 is 1.15 bits per heavy atom. The van der Waals surface area contributed by atoms with Crippen molar-refractivity contribution in [2.75, 3.05) is 33.3 Å². The van der Waals surface area contributed by atoms with E-state index in [1.165, 1.54) is 23.7 Å². The summed E-state index contributed by atoms with van der Waals surface area (Å²) in [4.78, 5) is 21.8. The average molecular weight is 388 g/mol. The van der Waals surface area contributed by atoms with Crippen LogP contribution in [-0.2, 0) is 14.8 Å². The number of amides is 1. The summed E-state index contributed by atoms with van der Waals surface area (Å²) >= 11 is 0. The third-order valence-electron chi connectivity index (χ3n) is 4.33. The molecule has 2 heterocycles. The number of hydrogen-bond donors (Lipinski definition) is 0. The highest BCUT2D eigenvalue weighted by Crippen LogP contribution is 2.23. The Hall–Kier alpha value is -2.78. The van der Waals surface area contributed by atoms with Crippen molar-refractivity contribution in [1.82, 2.24) is 19.2 Å². The zero-order valence-corrected chi connectivity index (χ0v) is 15.7.